The molecule has 0 unspecified atom stereocenters. The second-order valence-corrected chi connectivity index (χ2v) is 5.81. The largest absolute Gasteiger partial charge is 0.351 e. The maximum atomic E-state index is 12.4. The first kappa shape index (κ1) is 19.2. The van der Waals surface area contributed by atoms with Crippen LogP contribution in [0.2, 0.25) is 0 Å². The minimum atomic E-state index is -0.346. The highest BCUT2D eigenvalue weighted by Crippen LogP contribution is 2.06. The SMILES string of the molecule is CCCCNC(=O)C(=Cc1ccccc1)NC(=O)/C=C/c1ccccc1. The fraction of sp³-hybridized carbons (Fsp3) is 0.182. The number of carbonyl (C=O) groups is 2. The number of hydrogen-bond donors (Lipinski definition) is 2. The summed E-state index contributed by atoms with van der Waals surface area (Å²) in [5.74, 6) is -0.634. The molecule has 2 aromatic carbocycles. The second-order valence-electron chi connectivity index (χ2n) is 5.81. The zero-order valence-electron chi connectivity index (χ0n) is 14.9. The zero-order valence-corrected chi connectivity index (χ0v) is 14.9. The molecule has 0 heterocycles. The Morgan fingerprint density at radius 2 is 1.54 bits per heavy atom. The van der Waals surface area contributed by atoms with E-state index in [9.17, 15) is 9.59 Å². The van der Waals surface area contributed by atoms with Gasteiger partial charge in [0.25, 0.3) is 5.91 Å². The summed E-state index contributed by atoms with van der Waals surface area (Å²) in [6.07, 6.45) is 6.70. The van der Waals surface area contributed by atoms with Gasteiger partial charge in [0, 0.05) is 12.6 Å². The molecule has 0 saturated carbocycles. The quantitative estimate of drug-likeness (QED) is 0.563. The molecule has 2 amide bonds. The second kappa shape index (κ2) is 10.7. The van der Waals surface area contributed by atoms with Crippen LogP contribution in [0.1, 0.15) is 30.9 Å². The van der Waals surface area contributed by atoms with E-state index in [1.54, 1.807) is 12.2 Å². The van der Waals surface area contributed by atoms with Crippen LogP contribution in [0.4, 0.5) is 0 Å². The van der Waals surface area contributed by atoms with Crippen molar-refractivity contribution >= 4 is 24.0 Å². The summed E-state index contributed by atoms with van der Waals surface area (Å²) >= 11 is 0. The summed E-state index contributed by atoms with van der Waals surface area (Å²) < 4.78 is 0. The van der Waals surface area contributed by atoms with Gasteiger partial charge in [-0.25, -0.2) is 0 Å². The van der Waals surface area contributed by atoms with Gasteiger partial charge in [0.05, 0.1) is 0 Å². The molecule has 2 aromatic rings. The normalized spacial score (nSPS) is 11.3. The molecule has 0 aliphatic heterocycles. The van der Waals surface area contributed by atoms with Gasteiger partial charge in [-0.1, -0.05) is 74.0 Å². The first-order chi connectivity index (χ1) is 12.7. The summed E-state index contributed by atoms with van der Waals surface area (Å²) in [6, 6.07) is 19.0. The lowest BCUT2D eigenvalue weighted by atomic mass is 10.2. The third-order valence-corrected chi connectivity index (χ3v) is 3.66. The third-order valence-electron chi connectivity index (χ3n) is 3.66. The molecule has 2 N–H and O–H groups in total. The molecule has 0 radical (unpaired) electrons. The highest BCUT2D eigenvalue weighted by Gasteiger charge is 2.11. The first-order valence-corrected chi connectivity index (χ1v) is 8.78. The Morgan fingerprint density at radius 1 is 0.923 bits per heavy atom. The van der Waals surface area contributed by atoms with E-state index in [-0.39, 0.29) is 17.5 Å². The van der Waals surface area contributed by atoms with Crippen molar-refractivity contribution in [3.8, 4) is 0 Å². The molecule has 0 aromatic heterocycles. The lowest BCUT2D eigenvalue weighted by Crippen LogP contribution is -2.34. The van der Waals surface area contributed by atoms with Crippen molar-refractivity contribution in [1.29, 1.82) is 0 Å². The Kier molecular flexibility index (Phi) is 7.87. The molecular formula is C22H24N2O2. The number of amides is 2. The van der Waals surface area contributed by atoms with Gasteiger partial charge in [-0.2, -0.15) is 0 Å². The van der Waals surface area contributed by atoms with Crippen LogP contribution in [0.15, 0.2) is 72.4 Å². The average molecular weight is 348 g/mol. The molecule has 0 bridgehead atoms. The number of benzene rings is 2. The number of unbranched alkanes of at least 4 members (excludes halogenated alkanes) is 1. The van der Waals surface area contributed by atoms with Gasteiger partial charge >= 0.3 is 0 Å². The van der Waals surface area contributed by atoms with Gasteiger partial charge < -0.3 is 10.6 Å². The Bertz CT molecular complexity index is 765. The predicted octanol–water partition coefficient (Wildman–Crippen LogP) is 3.77. The highest BCUT2D eigenvalue weighted by molar-refractivity contribution is 6.04. The lowest BCUT2D eigenvalue weighted by Gasteiger charge is -2.09. The van der Waals surface area contributed by atoms with E-state index < -0.39 is 0 Å². The molecule has 0 saturated heterocycles. The summed E-state index contributed by atoms with van der Waals surface area (Å²) in [6.45, 7) is 2.64. The Labute approximate surface area is 154 Å². The zero-order chi connectivity index (χ0) is 18.6. The maximum Gasteiger partial charge on any atom is 0.267 e. The van der Waals surface area contributed by atoms with Crippen molar-refractivity contribution in [1.82, 2.24) is 10.6 Å². The van der Waals surface area contributed by atoms with Gasteiger partial charge in [0.2, 0.25) is 5.91 Å². The molecule has 0 fully saturated rings. The Morgan fingerprint density at radius 3 is 2.15 bits per heavy atom. The van der Waals surface area contributed by atoms with Crippen LogP contribution in [0, 0.1) is 0 Å². The number of nitrogens with one attached hydrogen (secondary N) is 2. The fourth-order valence-electron chi connectivity index (χ4n) is 2.26. The molecular weight excluding hydrogens is 324 g/mol. The predicted molar refractivity (Wildman–Crippen MR) is 106 cm³/mol. The van der Waals surface area contributed by atoms with Crippen LogP contribution in [0.5, 0.6) is 0 Å². The van der Waals surface area contributed by atoms with Gasteiger partial charge in [-0.05, 0) is 29.7 Å². The highest BCUT2D eigenvalue weighted by atomic mass is 16.2. The maximum absolute atomic E-state index is 12.4. The van der Waals surface area contributed by atoms with Crippen LogP contribution in [0.3, 0.4) is 0 Å². The molecule has 0 aliphatic carbocycles. The van der Waals surface area contributed by atoms with E-state index in [4.69, 9.17) is 0 Å². The molecule has 0 spiro atoms. The van der Waals surface area contributed by atoms with E-state index >= 15 is 0 Å². The van der Waals surface area contributed by atoms with Gasteiger partial charge in [-0.15, -0.1) is 0 Å². The monoisotopic (exact) mass is 348 g/mol. The minimum absolute atomic E-state index is 0.231. The summed E-state index contributed by atoms with van der Waals surface area (Å²) in [5.41, 5.74) is 2.00. The van der Waals surface area contributed by atoms with Gasteiger partial charge in [0.15, 0.2) is 0 Å². The van der Waals surface area contributed by atoms with Crippen molar-refractivity contribution in [3.63, 3.8) is 0 Å². The van der Waals surface area contributed by atoms with Crippen molar-refractivity contribution in [2.75, 3.05) is 6.54 Å². The van der Waals surface area contributed by atoms with E-state index in [0.29, 0.717) is 6.54 Å². The third kappa shape index (κ3) is 6.77. The van der Waals surface area contributed by atoms with Crippen molar-refractivity contribution < 1.29 is 9.59 Å². The molecule has 0 atom stereocenters. The molecule has 0 aliphatic rings. The molecule has 2 rings (SSSR count). The standard InChI is InChI=1S/C22H24N2O2/c1-2-3-16-23-22(26)20(17-19-12-8-5-9-13-19)24-21(25)15-14-18-10-6-4-7-11-18/h4-15,17H,2-3,16H2,1H3,(H,23,26)(H,24,25)/b15-14+,20-17?. The molecule has 4 nitrogen and oxygen atoms in total. The Balaban J connectivity index is 2.10. The van der Waals surface area contributed by atoms with E-state index in [2.05, 4.69) is 17.6 Å². The number of hydrogen-bond acceptors (Lipinski definition) is 2. The van der Waals surface area contributed by atoms with E-state index in [1.807, 2.05) is 60.7 Å². The molecule has 26 heavy (non-hydrogen) atoms. The van der Waals surface area contributed by atoms with Crippen LogP contribution >= 0.6 is 0 Å². The number of rotatable bonds is 8. The van der Waals surface area contributed by atoms with Crippen molar-refractivity contribution in [2.45, 2.75) is 19.8 Å². The topological polar surface area (TPSA) is 58.2 Å². The van der Waals surface area contributed by atoms with Crippen LogP contribution in [-0.2, 0) is 9.59 Å². The summed E-state index contributed by atoms with van der Waals surface area (Å²) in [5, 5.41) is 5.52. The van der Waals surface area contributed by atoms with Gasteiger partial charge in [-0.3, -0.25) is 9.59 Å². The average Bonchev–Trinajstić information content (AvgIpc) is 2.67. The van der Waals surface area contributed by atoms with Crippen LogP contribution < -0.4 is 10.6 Å². The summed E-state index contributed by atoms with van der Waals surface area (Å²) in [7, 11) is 0. The van der Waals surface area contributed by atoms with Crippen molar-refractivity contribution in [3.05, 3.63) is 83.6 Å². The van der Waals surface area contributed by atoms with Crippen LogP contribution in [-0.4, -0.2) is 18.4 Å². The minimum Gasteiger partial charge on any atom is -0.351 e. The fourth-order valence-corrected chi connectivity index (χ4v) is 2.26. The molecule has 134 valence electrons. The van der Waals surface area contributed by atoms with Gasteiger partial charge in [0.1, 0.15) is 5.70 Å². The van der Waals surface area contributed by atoms with E-state index in [1.165, 1.54) is 6.08 Å². The summed E-state index contributed by atoms with van der Waals surface area (Å²) in [4.78, 5) is 24.6. The molecule has 4 heteroatoms. The lowest BCUT2D eigenvalue weighted by molar-refractivity contribution is -0.121. The smallest absolute Gasteiger partial charge is 0.267 e. The van der Waals surface area contributed by atoms with Crippen molar-refractivity contribution in [2.24, 2.45) is 0 Å². The first-order valence-electron chi connectivity index (χ1n) is 8.78. The van der Waals surface area contributed by atoms with E-state index in [0.717, 1.165) is 24.0 Å². The van der Waals surface area contributed by atoms with Crippen LogP contribution in [0.25, 0.3) is 12.2 Å². The number of carbonyl (C=O) groups excluding carboxylic acids is 2. The Hall–Kier alpha value is -3.14.